The van der Waals surface area contributed by atoms with Crippen molar-refractivity contribution in [3.8, 4) is 11.3 Å². The van der Waals surface area contributed by atoms with Crippen LogP contribution in [0.1, 0.15) is 11.6 Å². The third kappa shape index (κ3) is 5.68. The minimum atomic E-state index is -0.378. The van der Waals surface area contributed by atoms with Gasteiger partial charge in [-0.15, -0.1) is 0 Å². The Kier molecular flexibility index (Phi) is 7.16. The number of nitrogens with zero attached hydrogens (tertiary/aromatic N) is 3. The molecule has 0 spiro atoms. The monoisotopic (exact) mass is 480 g/mol. The van der Waals surface area contributed by atoms with Crippen molar-refractivity contribution in [3.05, 3.63) is 96.7 Å². The van der Waals surface area contributed by atoms with Gasteiger partial charge in [0.2, 0.25) is 11.9 Å². The number of amides is 1. The van der Waals surface area contributed by atoms with Gasteiger partial charge in [0, 0.05) is 41.9 Å². The molecule has 1 saturated heterocycles. The van der Waals surface area contributed by atoms with Crippen molar-refractivity contribution in [1.29, 1.82) is 0 Å². The number of rotatable bonds is 7. The van der Waals surface area contributed by atoms with Crippen LogP contribution in [0.2, 0.25) is 0 Å². The molecule has 0 aliphatic carbocycles. The molecule has 36 heavy (non-hydrogen) atoms. The van der Waals surface area contributed by atoms with Gasteiger partial charge in [-0.3, -0.25) is 9.69 Å². The summed E-state index contributed by atoms with van der Waals surface area (Å²) in [4.78, 5) is 24.5. The van der Waals surface area contributed by atoms with E-state index >= 15 is 0 Å². The quantitative estimate of drug-likeness (QED) is 0.335. The molecule has 4 N–H and O–H groups in total. The minimum absolute atomic E-state index is 0.0634. The Bertz CT molecular complexity index is 1310. The number of morpholine rings is 1. The minimum Gasteiger partial charge on any atom is -0.399 e. The second-order valence-electron chi connectivity index (χ2n) is 8.54. The fraction of sp³-hybridized carbons (Fsp3) is 0.179. The first-order valence-corrected chi connectivity index (χ1v) is 11.9. The normalized spacial score (nSPS) is 14.7. The third-order valence-electron chi connectivity index (χ3n) is 6.02. The first-order chi connectivity index (χ1) is 17.7. The summed E-state index contributed by atoms with van der Waals surface area (Å²) in [7, 11) is 0. The number of nitrogens with one attached hydrogen (secondary N) is 2. The van der Waals surface area contributed by atoms with Crippen molar-refractivity contribution in [2.75, 3.05) is 42.7 Å². The molecule has 0 unspecified atom stereocenters. The maximum absolute atomic E-state index is 13.4. The molecule has 0 bridgehead atoms. The zero-order valence-electron chi connectivity index (χ0n) is 19.8. The summed E-state index contributed by atoms with van der Waals surface area (Å²) in [6.45, 7) is 2.68. The van der Waals surface area contributed by atoms with E-state index in [1.165, 1.54) is 0 Å². The van der Waals surface area contributed by atoms with Crippen LogP contribution in [-0.4, -0.2) is 47.1 Å². The molecule has 8 nitrogen and oxygen atoms in total. The SMILES string of the molecule is Nc1cccc(Nc2nccc(-c3ccc(NC(=O)[C@@H](c4ccccc4)N4CCOCC4)cc3)n2)c1. The van der Waals surface area contributed by atoms with Crippen LogP contribution in [-0.2, 0) is 9.53 Å². The Morgan fingerprint density at radius 1 is 0.917 bits per heavy atom. The maximum Gasteiger partial charge on any atom is 0.246 e. The number of hydrogen-bond donors (Lipinski definition) is 3. The maximum atomic E-state index is 13.4. The Morgan fingerprint density at radius 2 is 1.69 bits per heavy atom. The number of anilines is 4. The highest BCUT2D eigenvalue weighted by atomic mass is 16.5. The van der Waals surface area contributed by atoms with Crippen molar-refractivity contribution in [2.45, 2.75) is 6.04 Å². The lowest BCUT2D eigenvalue weighted by atomic mass is 10.0. The van der Waals surface area contributed by atoms with Crippen molar-refractivity contribution >= 4 is 28.9 Å². The zero-order chi connectivity index (χ0) is 24.7. The lowest BCUT2D eigenvalue weighted by Gasteiger charge is -2.33. The Hall–Kier alpha value is -4.27. The standard InChI is InChI=1S/C28H28N6O2/c29-22-7-4-8-24(19-22)32-28-30-14-13-25(33-28)20-9-11-23(12-10-20)31-27(35)26(21-5-2-1-3-6-21)34-15-17-36-18-16-34/h1-14,19,26H,15-18,29H2,(H,31,35)(H,30,32,33)/t26-/m1/s1. The molecule has 1 amide bonds. The van der Waals surface area contributed by atoms with Crippen molar-refractivity contribution in [1.82, 2.24) is 14.9 Å². The number of carbonyl (C=O) groups is 1. The van der Waals surface area contributed by atoms with E-state index in [0.29, 0.717) is 37.9 Å². The van der Waals surface area contributed by atoms with Gasteiger partial charge in [0.25, 0.3) is 0 Å². The number of nitrogen functional groups attached to an aromatic ring is 1. The van der Waals surface area contributed by atoms with E-state index in [9.17, 15) is 4.79 Å². The highest BCUT2D eigenvalue weighted by Gasteiger charge is 2.29. The fourth-order valence-corrected chi connectivity index (χ4v) is 4.26. The summed E-state index contributed by atoms with van der Waals surface area (Å²) in [5.41, 5.74) is 10.7. The van der Waals surface area contributed by atoms with E-state index in [1.54, 1.807) is 6.20 Å². The Balaban J connectivity index is 1.30. The van der Waals surface area contributed by atoms with E-state index in [-0.39, 0.29) is 11.9 Å². The zero-order valence-corrected chi connectivity index (χ0v) is 19.8. The van der Waals surface area contributed by atoms with Gasteiger partial charge in [0.05, 0.1) is 18.9 Å². The average molecular weight is 481 g/mol. The van der Waals surface area contributed by atoms with Crippen LogP contribution in [0.25, 0.3) is 11.3 Å². The van der Waals surface area contributed by atoms with Gasteiger partial charge in [-0.05, 0) is 42.0 Å². The van der Waals surface area contributed by atoms with Crippen LogP contribution in [0, 0.1) is 0 Å². The first kappa shape index (κ1) is 23.5. The molecule has 182 valence electrons. The van der Waals surface area contributed by atoms with E-state index < -0.39 is 0 Å². The molecule has 8 heteroatoms. The van der Waals surface area contributed by atoms with Crippen LogP contribution in [0.15, 0.2) is 91.1 Å². The van der Waals surface area contributed by atoms with Crippen LogP contribution in [0.3, 0.4) is 0 Å². The fourth-order valence-electron chi connectivity index (χ4n) is 4.26. The summed E-state index contributed by atoms with van der Waals surface area (Å²) in [6, 6.07) is 26.4. The molecule has 4 aromatic rings. The number of carbonyl (C=O) groups excluding carboxylic acids is 1. The molecule has 0 saturated carbocycles. The largest absolute Gasteiger partial charge is 0.399 e. The molecule has 1 aliphatic rings. The summed E-state index contributed by atoms with van der Waals surface area (Å²) < 4.78 is 5.49. The average Bonchev–Trinajstić information content (AvgIpc) is 2.91. The topological polar surface area (TPSA) is 105 Å². The summed E-state index contributed by atoms with van der Waals surface area (Å²) in [5.74, 6) is 0.415. The number of aromatic nitrogens is 2. The van der Waals surface area contributed by atoms with E-state index in [0.717, 1.165) is 28.2 Å². The van der Waals surface area contributed by atoms with E-state index in [2.05, 4.69) is 25.5 Å². The second-order valence-corrected chi connectivity index (χ2v) is 8.54. The summed E-state index contributed by atoms with van der Waals surface area (Å²) in [6.07, 6.45) is 1.71. The van der Waals surface area contributed by atoms with Gasteiger partial charge in [-0.1, -0.05) is 48.5 Å². The molecular formula is C28H28N6O2. The number of ether oxygens (including phenoxy) is 1. The molecule has 2 heterocycles. The van der Waals surface area contributed by atoms with Crippen molar-refractivity contribution in [2.24, 2.45) is 0 Å². The van der Waals surface area contributed by atoms with Crippen LogP contribution in [0.5, 0.6) is 0 Å². The van der Waals surface area contributed by atoms with Crippen LogP contribution < -0.4 is 16.4 Å². The molecule has 1 aromatic heterocycles. The lowest BCUT2D eigenvalue weighted by Crippen LogP contribution is -2.43. The van der Waals surface area contributed by atoms with Gasteiger partial charge >= 0.3 is 0 Å². The van der Waals surface area contributed by atoms with Gasteiger partial charge < -0.3 is 21.1 Å². The molecule has 1 fully saturated rings. The molecule has 1 aliphatic heterocycles. The number of hydrogen-bond acceptors (Lipinski definition) is 7. The highest BCUT2D eigenvalue weighted by molar-refractivity contribution is 5.95. The van der Waals surface area contributed by atoms with Gasteiger partial charge in [-0.25, -0.2) is 9.97 Å². The number of nitrogens with two attached hydrogens (primary N) is 1. The Labute approximate surface area is 210 Å². The first-order valence-electron chi connectivity index (χ1n) is 11.9. The lowest BCUT2D eigenvalue weighted by molar-refractivity contribution is -0.123. The van der Waals surface area contributed by atoms with Crippen molar-refractivity contribution in [3.63, 3.8) is 0 Å². The van der Waals surface area contributed by atoms with Gasteiger partial charge in [-0.2, -0.15) is 0 Å². The van der Waals surface area contributed by atoms with Crippen molar-refractivity contribution < 1.29 is 9.53 Å². The summed E-state index contributed by atoms with van der Waals surface area (Å²) in [5, 5.41) is 6.27. The molecule has 0 radical (unpaired) electrons. The van der Waals surface area contributed by atoms with E-state index in [1.807, 2.05) is 84.9 Å². The van der Waals surface area contributed by atoms with Crippen LogP contribution in [0.4, 0.5) is 23.0 Å². The van der Waals surface area contributed by atoms with Gasteiger partial charge in [0.1, 0.15) is 6.04 Å². The second kappa shape index (κ2) is 11.0. The highest BCUT2D eigenvalue weighted by Crippen LogP contribution is 2.26. The molecule has 1 atom stereocenters. The van der Waals surface area contributed by atoms with E-state index in [4.69, 9.17) is 10.5 Å². The predicted octanol–water partition coefficient (Wildman–Crippen LogP) is 4.48. The molecule has 3 aromatic carbocycles. The van der Waals surface area contributed by atoms with Gasteiger partial charge in [0.15, 0.2) is 0 Å². The summed E-state index contributed by atoms with van der Waals surface area (Å²) >= 11 is 0. The number of benzene rings is 3. The molecular weight excluding hydrogens is 452 g/mol. The smallest absolute Gasteiger partial charge is 0.246 e. The third-order valence-corrected chi connectivity index (χ3v) is 6.02. The predicted molar refractivity (Wildman–Crippen MR) is 142 cm³/mol. The Morgan fingerprint density at radius 3 is 2.44 bits per heavy atom. The molecule has 5 rings (SSSR count). The van der Waals surface area contributed by atoms with Crippen LogP contribution >= 0.6 is 0 Å².